The molecule has 1 aromatic heterocycles. The molecule has 40 heavy (non-hydrogen) atoms. The normalized spacial score (nSPS) is 19.9. The van der Waals surface area contributed by atoms with Crippen molar-refractivity contribution in [1.29, 1.82) is 0 Å². The van der Waals surface area contributed by atoms with Gasteiger partial charge in [-0.15, -0.1) is 0 Å². The zero-order chi connectivity index (χ0) is 27.5. The van der Waals surface area contributed by atoms with Gasteiger partial charge in [0, 0.05) is 21.9 Å². The first-order valence-electron chi connectivity index (χ1n) is 14.8. The Bertz CT molecular complexity index is 1610. The molecule has 5 aromatic rings. The Morgan fingerprint density at radius 1 is 0.575 bits per heavy atom. The van der Waals surface area contributed by atoms with Crippen LogP contribution in [0.5, 0.6) is 0 Å². The average molecular weight is 528 g/mol. The summed E-state index contributed by atoms with van der Waals surface area (Å²) in [6.45, 7) is 8.45. The maximum Gasteiger partial charge on any atom is 0.494 e. The molecule has 4 heteroatoms. The quantitative estimate of drug-likeness (QED) is 0.219. The summed E-state index contributed by atoms with van der Waals surface area (Å²) in [4.78, 5) is 0. The van der Waals surface area contributed by atoms with Crippen LogP contribution in [0.1, 0.15) is 70.9 Å². The lowest BCUT2D eigenvalue weighted by atomic mass is 9.64. The van der Waals surface area contributed by atoms with Crippen molar-refractivity contribution in [3.8, 4) is 5.69 Å². The molecule has 3 nitrogen and oxygen atoms in total. The van der Waals surface area contributed by atoms with Crippen molar-refractivity contribution in [1.82, 2.24) is 4.57 Å². The number of rotatable bonds is 4. The van der Waals surface area contributed by atoms with Crippen LogP contribution in [-0.4, -0.2) is 22.9 Å². The second-order valence-corrected chi connectivity index (χ2v) is 12.8. The van der Waals surface area contributed by atoms with E-state index in [1.54, 1.807) is 0 Å². The van der Waals surface area contributed by atoms with Gasteiger partial charge in [-0.05, 0) is 81.4 Å². The van der Waals surface area contributed by atoms with E-state index in [9.17, 15) is 0 Å². The highest BCUT2D eigenvalue weighted by atomic mass is 16.7. The van der Waals surface area contributed by atoms with E-state index >= 15 is 0 Å². The number of aromatic nitrogens is 1. The molecule has 0 atom stereocenters. The maximum absolute atomic E-state index is 6.33. The Balaban J connectivity index is 1.25. The van der Waals surface area contributed by atoms with Gasteiger partial charge in [-0.1, -0.05) is 92.1 Å². The first-order valence-corrected chi connectivity index (χ1v) is 14.8. The van der Waals surface area contributed by atoms with E-state index in [0.29, 0.717) is 0 Å². The largest absolute Gasteiger partial charge is 0.494 e. The fraction of sp³-hybridized carbons (Fsp3) is 0.333. The number of nitrogens with zero attached hydrogens (tertiary/aromatic N) is 1. The van der Waals surface area contributed by atoms with Gasteiger partial charge < -0.3 is 13.9 Å². The van der Waals surface area contributed by atoms with Gasteiger partial charge in [-0.2, -0.15) is 0 Å². The molecular formula is C36H38BNO2. The van der Waals surface area contributed by atoms with Crippen LogP contribution in [0.3, 0.4) is 0 Å². The first kappa shape index (κ1) is 25.6. The molecule has 0 bridgehead atoms. The number of hydrogen-bond donors (Lipinski definition) is 0. The maximum atomic E-state index is 6.33. The number of hydrogen-bond acceptors (Lipinski definition) is 2. The van der Waals surface area contributed by atoms with Crippen LogP contribution in [0.4, 0.5) is 0 Å². The fourth-order valence-electron chi connectivity index (χ4n) is 6.97. The van der Waals surface area contributed by atoms with E-state index in [4.69, 9.17) is 9.31 Å². The van der Waals surface area contributed by atoms with Crippen LogP contribution >= 0.6 is 0 Å². The van der Waals surface area contributed by atoms with Crippen LogP contribution < -0.4 is 5.46 Å². The summed E-state index contributed by atoms with van der Waals surface area (Å²) in [6.07, 6.45) is 6.18. The molecule has 1 saturated heterocycles. The topological polar surface area (TPSA) is 23.4 Å². The van der Waals surface area contributed by atoms with Crippen LogP contribution in [0.25, 0.3) is 27.5 Å². The van der Waals surface area contributed by atoms with E-state index in [2.05, 4.69) is 129 Å². The highest BCUT2D eigenvalue weighted by Crippen LogP contribution is 2.45. The van der Waals surface area contributed by atoms with Crippen molar-refractivity contribution < 1.29 is 9.31 Å². The summed E-state index contributed by atoms with van der Waals surface area (Å²) in [6, 6.07) is 36.0. The summed E-state index contributed by atoms with van der Waals surface area (Å²) < 4.78 is 15.1. The van der Waals surface area contributed by atoms with Crippen LogP contribution in [-0.2, 0) is 14.7 Å². The molecule has 2 heterocycles. The number of fused-ring (bicyclic) bond motifs is 3. The zero-order valence-electron chi connectivity index (χ0n) is 24.1. The molecular weight excluding hydrogens is 489 g/mol. The predicted molar refractivity (Wildman–Crippen MR) is 167 cm³/mol. The third kappa shape index (κ3) is 3.96. The zero-order valence-corrected chi connectivity index (χ0v) is 24.1. The molecule has 2 fully saturated rings. The Kier molecular flexibility index (Phi) is 6.00. The Labute approximate surface area is 238 Å². The Morgan fingerprint density at radius 3 is 1.57 bits per heavy atom. The second kappa shape index (κ2) is 9.36. The van der Waals surface area contributed by atoms with E-state index in [1.807, 2.05) is 0 Å². The summed E-state index contributed by atoms with van der Waals surface area (Å²) >= 11 is 0. The molecule has 1 aliphatic carbocycles. The molecule has 0 spiro atoms. The highest BCUT2D eigenvalue weighted by molar-refractivity contribution is 6.62. The van der Waals surface area contributed by atoms with E-state index in [1.165, 1.54) is 70.7 Å². The van der Waals surface area contributed by atoms with E-state index < -0.39 is 0 Å². The Hall–Kier alpha value is -3.34. The van der Waals surface area contributed by atoms with Crippen LogP contribution in [0.15, 0.2) is 97.1 Å². The van der Waals surface area contributed by atoms with Gasteiger partial charge in [0.05, 0.1) is 22.2 Å². The van der Waals surface area contributed by atoms with Crippen molar-refractivity contribution in [2.75, 3.05) is 0 Å². The lowest BCUT2D eigenvalue weighted by Crippen LogP contribution is -2.41. The van der Waals surface area contributed by atoms with E-state index in [0.717, 1.165) is 5.46 Å². The Morgan fingerprint density at radius 2 is 1.05 bits per heavy atom. The lowest BCUT2D eigenvalue weighted by Gasteiger charge is -2.39. The number of para-hydroxylation sites is 2. The van der Waals surface area contributed by atoms with Gasteiger partial charge in [0.2, 0.25) is 0 Å². The van der Waals surface area contributed by atoms with Crippen molar-refractivity contribution in [3.63, 3.8) is 0 Å². The van der Waals surface area contributed by atoms with Crippen LogP contribution in [0.2, 0.25) is 0 Å². The lowest BCUT2D eigenvalue weighted by molar-refractivity contribution is 0.00578. The standard InChI is InChI=1S/C36H38BNO2/c1-34(2)35(3,4)40-37(39-34)28-20-16-26(17-21-28)36(24-10-5-11-25-36)27-18-22-29(23-19-27)38-32-14-8-6-12-30(32)31-13-7-9-15-33(31)38/h6-9,12-23H,5,10-11,24-25H2,1-4H3. The minimum atomic E-state index is -0.334. The van der Waals surface area contributed by atoms with Gasteiger partial charge >= 0.3 is 7.12 Å². The minimum Gasteiger partial charge on any atom is -0.399 e. The molecule has 4 aromatic carbocycles. The van der Waals surface area contributed by atoms with E-state index in [-0.39, 0.29) is 23.7 Å². The third-order valence-electron chi connectivity index (χ3n) is 9.95. The monoisotopic (exact) mass is 527 g/mol. The van der Waals surface area contributed by atoms with Crippen molar-refractivity contribution in [2.24, 2.45) is 0 Å². The first-order chi connectivity index (χ1) is 19.3. The minimum absolute atomic E-state index is 0.0338. The molecule has 0 radical (unpaired) electrons. The summed E-state index contributed by atoms with van der Waals surface area (Å²) in [5, 5.41) is 2.60. The highest BCUT2D eigenvalue weighted by Gasteiger charge is 2.51. The van der Waals surface area contributed by atoms with Gasteiger partial charge in [0.15, 0.2) is 0 Å². The summed E-state index contributed by atoms with van der Waals surface area (Å²) in [5.74, 6) is 0. The van der Waals surface area contributed by atoms with Crippen molar-refractivity contribution >= 4 is 34.4 Å². The second-order valence-electron chi connectivity index (χ2n) is 12.8. The molecule has 0 N–H and O–H groups in total. The molecule has 0 amide bonds. The molecule has 0 unspecified atom stereocenters. The molecule has 1 saturated carbocycles. The third-order valence-corrected chi connectivity index (χ3v) is 9.95. The van der Waals surface area contributed by atoms with Crippen LogP contribution in [0, 0.1) is 0 Å². The van der Waals surface area contributed by atoms with Gasteiger partial charge in [0.25, 0.3) is 0 Å². The smallest absolute Gasteiger partial charge is 0.399 e. The fourth-order valence-corrected chi connectivity index (χ4v) is 6.97. The molecule has 2 aliphatic rings. The SMILES string of the molecule is CC1(C)OB(c2ccc(C3(c4ccc(-n5c6ccccc6c6ccccc65)cc4)CCCCC3)cc2)OC1(C)C. The number of benzene rings is 4. The average Bonchev–Trinajstić information content (AvgIpc) is 3.43. The van der Waals surface area contributed by atoms with Gasteiger partial charge in [0.1, 0.15) is 0 Å². The molecule has 202 valence electrons. The van der Waals surface area contributed by atoms with Gasteiger partial charge in [-0.25, -0.2) is 0 Å². The summed E-state index contributed by atoms with van der Waals surface area (Å²) in [7, 11) is -0.327. The predicted octanol–water partition coefficient (Wildman–Crippen LogP) is 8.33. The molecule has 7 rings (SSSR count). The van der Waals surface area contributed by atoms with Gasteiger partial charge in [-0.3, -0.25) is 0 Å². The molecule has 1 aliphatic heterocycles. The summed E-state index contributed by atoms with van der Waals surface area (Å²) in [5.41, 5.74) is 6.99. The van der Waals surface area contributed by atoms with Crippen molar-refractivity contribution in [2.45, 2.75) is 76.4 Å². The van der Waals surface area contributed by atoms with Crippen molar-refractivity contribution in [3.05, 3.63) is 108 Å².